The van der Waals surface area contributed by atoms with Gasteiger partial charge in [-0.15, -0.1) is 0 Å². The molecular formula is C15H20N2O2. The molecule has 1 aromatic rings. The lowest BCUT2D eigenvalue weighted by molar-refractivity contribution is 0.0578. The Morgan fingerprint density at radius 3 is 2.16 bits per heavy atom. The molecule has 1 aromatic carbocycles. The fraction of sp³-hybridized carbons (Fsp3) is 0.467. The van der Waals surface area contributed by atoms with Crippen molar-refractivity contribution in [2.24, 2.45) is 5.73 Å². The first kappa shape index (κ1) is 13.6. The second-order valence-electron chi connectivity index (χ2n) is 5.82. The van der Waals surface area contributed by atoms with Crippen LogP contribution in [0.15, 0.2) is 24.3 Å². The monoisotopic (exact) mass is 260 g/mol. The van der Waals surface area contributed by atoms with E-state index in [1.807, 2.05) is 4.90 Å². The average molecular weight is 260 g/mol. The summed E-state index contributed by atoms with van der Waals surface area (Å²) in [5.41, 5.74) is 6.11. The molecule has 1 atom stereocenters. The summed E-state index contributed by atoms with van der Waals surface area (Å²) in [4.78, 5) is 25.5. The van der Waals surface area contributed by atoms with Gasteiger partial charge in [0.05, 0.1) is 0 Å². The second-order valence-corrected chi connectivity index (χ2v) is 5.82. The van der Waals surface area contributed by atoms with E-state index in [2.05, 4.69) is 20.8 Å². The summed E-state index contributed by atoms with van der Waals surface area (Å²) in [6, 6.07) is 6.79. The van der Waals surface area contributed by atoms with Gasteiger partial charge in [-0.1, -0.05) is 0 Å². The molecule has 1 fully saturated rings. The van der Waals surface area contributed by atoms with E-state index in [0.29, 0.717) is 11.1 Å². The van der Waals surface area contributed by atoms with E-state index >= 15 is 0 Å². The molecule has 1 saturated heterocycles. The highest BCUT2D eigenvalue weighted by atomic mass is 16.2. The first-order valence-electron chi connectivity index (χ1n) is 6.56. The summed E-state index contributed by atoms with van der Waals surface area (Å²) in [6.07, 6.45) is 2.04. The summed E-state index contributed by atoms with van der Waals surface area (Å²) in [5.74, 6) is -0.458. The van der Waals surface area contributed by atoms with Crippen LogP contribution in [0, 0.1) is 0 Å². The standard InChI is InChI=1S/C15H20N2O2/c1-10-8-9-15(2,3)17(10)14(19)12-6-4-11(5-7-12)13(16)18/h4-7,10H,8-9H2,1-3H3,(H2,16,18)/t10-/m1/s1. The van der Waals surface area contributed by atoms with Crippen LogP contribution in [0.1, 0.15) is 54.3 Å². The number of benzene rings is 1. The van der Waals surface area contributed by atoms with Gasteiger partial charge in [-0.25, -0.2) is 0 Å². The molecule has 2 rings (SSSR count). The maximum atomic E-state index is 12.6. The molecule has 102 valence electrons. The third kappa shape index (κ3) is 2.48. The molecule has 0 aliphatic carbocycles. The Morgan fingerprint density at radius 2 is 1.74 bits per heavy atom. The Morgan fingerprint density at radius 1 is 1.21 bits per heavy atom. The summed E-state index contributed by atoms with van der Waals surface area (Å²) in [6.45, 7) is 6.25. The number of likely N-dealkylation sites (tertiary alicyclic amines) is 1. The molecule has 2 amide bonds. The van der Waals surface area contributed by atoms with Gasteiger partial charge in [-0.3, -0.25) is 9.59 Å². The molecule has 1 aliphatic heterocycles. The zero-order valence-electron chi connectivity index (χ0n) is 11.6. The number of hydrogen-bond acceptors (Lipinski definition) is 2. The van der Waals surface area contributed by atoms with Crippen LogP contribution >= 0.6 is 0 Å². The van der Waals surface area contributed by atoms with Gasteiger partial charge in [0.1, 0.15) is 0 Å². The zero-order valence-corrected chi connectivity index (χ0v) is 11.6. The van der Waals surface area contributed by atoms with Gasteiger partial charge in [-0.2, -0.15) is 0 Å². The SMILES string of the molecule is C[C@@H]1CCC(C)(C)N1C(=O)c1ccc(C(N)=O)cc1. The third-order valence-corrected chi connectivity index (χ3v) is 3.90. The van der Waals surface area contributed by atoms with E-state index in [0.717, 1.165) is 12.8 Å². The molecular weight excluding hydrogens is 240 g/mol. The molecule has 0 unspecified atom stereocenters. The summed E-state index contributed by atoms with van der Waals surface area (Å²) in [7, 11) is 0. The van der Waals surface area contributed by atoms with Crippen molar-refractivity contribution in [3.05, 3.63) is 35.4 Å². The van der Waals surface area contributed by atoms with E-state index in [1.165, 1.54) is 0 Å². The lowest BCUT2D eigenvalue weighted by Crippen LogP contribution is -2.46. The van der Waals surface area contributed by atoms with E-state index in [9.17, 15) is 9.59 Å². The molecule has 0 radical (unpaired) electrons. The zero-order chi connectivity index (χ0) is 14.2. The molecule has 1 heterocycles. The number of hydrogen-bond donors (Lipinski definition) is 1. The Hall–Kier alpha value is -1.84. The maximum absolute atomic E-state index is 12.6. The predicted molar refractivity (Wildman–Crippen MR) is 73.9 cm³/mol. The van der Waals surface area contributed by atoms with Crippen LogP contribution in [0.5, 0.6) is 0 Å². The highest BCUT2D eigenvalue weighted by molar-refractivity contribution is 5.97. The second kappa shape index (κ2) is 4.68. The maximum Gasteiger partial charge on any atom is 0.254 e. The van der Waals surface area contributed by atoms with Crippen molar-refractivity contribution in [2.45, 2.75) is 45.2 Å². The van der Waals surface area contributed by atoms with Crippen molar-refractivity contribution in [3.63, 3.8) is 0 Å². The Labute approximate surface area is 113 Å². The van der Waals surface area contributed by atoms with Gasteiger partial charge >= 0.3 is 0 Å². The lowest BCUT2D eigenvalue weighted by atomic mass is 10.0. The van der Waals surface area contributed by atoms with Gasteiger partial charge < -0.3 is 10.6 Å². The van der Waals surface area contributed by atoms with Crippen molar-refractivity contribution in [2.75, 3.05) is 0 Å². The van der Waals surface area contributed by atoms with Crippen LogP contribution in [0.25, 0.3) is 0 Å². The largest absolute Gasteiger partial charge is 0.366 e. The molecule has 0 bridgehead atoms. The van der Waals surface area contributed by atoms with Crippen LogP contribution in [-0.4, -0.2) is 28.3 Å². The van der Waals surface area contributed by atoms with Crippen molar-refractivity contribution in [1.82, 2.24) is 4.90 Å². The Kier molecular flexibility index (Phi) is 3.35. The first-order valence-corrected chi connectivity index (χ1v) is 6.56. The lowest BCUT2D eigenvalue weighted by Gasteiger charge is -2.34. The average Bonchev–Trinajstić information content (AvgIpc) is 2.63. The Bertz CT molecular complexity index is 505. The number of rotatable bonds is 2. The molecule has 4 nitrogen and oxygen atoms in total. The molecule has 19 heavy (non-hydrogen) atoms. The van der Waals surface area contributed by atoms with Gasteiger partial charge in [0.2, 0.25) is 5.91 Å². The van der Waals surface area contributed by atoms with Crippen molar-refractivity contribution in [1.29, 1.82) is 0 Å². The van der Waals surface area contributed by atoms with Gasteiger partial charge in [0, 0.05) is 22.7 Å². The van der Waals surface area contributed by atoms with E-state index in [1.54, 1.807) is 24.3 Å². The van der Waals surface area contributed by atoms with Crippen LogP contribution in [-0.2, 0) is 0 Å². The molecule has 0 spiro atoms. The smallest absolute Gasteiger partial charge is 0.254 e. The number of nitrogens with two attached hydrogens (primary N) is 1. The number of primary amides is 1. The van der Waals surface area contributed by atoms with E-state index in [-0.39, 0.29) is 17.5 Å². The number of carbonyl (C=O) groups is 2. The van der Waals surface area contributed by atoms with Gasteiger partial charge in [0.25, 0.3) is 5.91 Å². The minimum Gasteiger partial charge on any atom is -0.366 e. The molecule has 1 aliphatic rings. The minimum atomic E-state index is -0.478. The normalized spacial score (nSPS) is 21.4. The predicted octanol–water partition coefficient (Wildman–Crippen LogP) is 2.19. The van der Waals surface area contributed by atoms with Crippen LogP contribution in [0.2, 0.25) is 0 Å². The number of carbonyl (C=O) groups excluding carboxylic acids is 2. The molecule has 2 N–H and O–H groups in total. The van der Waals surface area contributed by atoms with Crippen LogP contribution < -0.4 is 5.73 Å². The number of amides is 2. The Balaban J connectivity index is 2.26. The van der Waals surface area contributed by atoms with Gasteiger partial charge in [-0.05, 0) is 57.9 Å². The first-order chi connectivity index (χ1) is 8.83. The summed E-state index contributed by atoms with van der Waals surface area (Å²) >= 11 is 0. The van der Waals surface area contributed by atoms with E-state index in [4.69, 9.17) is 5.73 Å². The minimum absolute atomic E-state index is 0.0195. The summed E-state index contributed by atoms with van der Waals surface area (Å²) in [5, 5.41) is 0. The van der Waals surface area contributed by atoms with Crippen molar-refractivity contribution >= 4 is 11.8 Å². The quantitative estimate of drug-likeness (QED) is 0.886. The van der Waals surface area contributed by atoms with Crippen molar-refractivity contribution in [3.8, 4) is 0 Å². The molecule has 0 saturated carbocycles. The topological polar surface area (TPSA) is 63.4 Å². The van der Waals surface area contributed by atoms with Crippen LogP contribution in [0.3, 0.4) is 0 Å². The highest BCUT2D eigenvalue weighted by Gasteiger charge is 2.40. The third-order valence-electron chi connectivity index (χ3n) is 3.90. The fourth-order valence-corrected chi connectivity index (χ4v) is 2.80. The van der Waals surface area contributed by atoms with E-state index < -0.39 is 5.91 Å². The fourth-order valence-electron chi connectivity index (χ4n) is 2.80. The molecule has 0 aromatic heterocycles. The highest BCUT2D eigenvalue weighted by Crippen LogP contribution is 2.34. The summed E-state index contributed by atoms with van der Waals surface area (Å²) < 4.78 is 0. The van der Waals surface area contributed by atoms with Crippen molar-refractivity contribution < 1.29 is 9.59 Å². The van der Waals surface area contributed by atoms with Gasteiger partial charge in [0.15, 0.2) is 0 Å². The number of nitrogens with zero attached hydrogens (tertiary/aromatic N) is 1. The molecule has 4 heteroatoms. The van der Waals surface area contributed by atoms with Crippen LogP contribution in [0.4, 0.5) is 0 Å².